The lowest BCUT2D eigenvalue weighted by atomic mass is 10.1. The first-order chi connectivity index (χ1) is 19.5. The van der Waals surface area contributed by atoms with E-state index in [-0.39, 0.29) is 57.2 Å². The molecule has 1 saturated heterocycles. The zero-order valence-corrected chi connectivity index (χ0v) is 24.1. The van der Waals surface area contributed by atoms with Crippen molar-refractivity contribution in [3.05, 3.63) is 42.1 Å². The number of piperazine rings is 1. The molecule has 1 aromatic heterocycles. The maximum Gasteiger partial charge on any atom is 0.527 e. The highest BCUT2D eigenvalue weighted by atomic mass is 16.8. The molecule has 1 aliphatic rings. The van der Waals surface area contributed by atoms with Crippen LogP contribution in [0.1, 0.15) is 51.0 Å². The van der Waals surface area contributed by atoms with E-state index in [0.717, 1.165) is 5.56 Å². The molecule has 3 rings (SSSR count). The average molecular weight is 571 g/mol. The molecule has 13 nitrogen and oxygen atoms in total. The van der Waals surface area contributed by atoms with Crippen LogP contribution in [0.4, 0.5) is 10.6 Å². The van der Waals surface area contributed by atoms with E-state index < -0.39 is 29.7 Å². The molecule has 0 saturated carbocycles. The number of benzene rings is 1. The Kier molecular flexibility index (Phi) is 11.0. The molecule has 0 unspecified atom stereocenters. The molecule has 41 heavy (non-hydrogen) atoms. The van der Waals surface area contributed by atoms with E-state index in [0.29, 0.717) is 11.6 Å². The zero-order valence-electron chi connectivity index (χ0n) is 24.1. The van der Waals surface area contributed by atoms with Gasteiger partial charge in [-0.25, -0.2) is 14.8 Å². The summed E-state index contributed by atoms with van der Waals surface area (Å²) in [5.41, 5.74) is 0.0954. The van der Waals surface area contributed by atoms with Crippen molar-refractivity contribution in [1.82, 2.24) is 25.2 Å². The SMILES string of the molecule is CCOC(=O)ON1CCN(C(=O)[C@H](CCC(=O)OC(C)(C)C)NC(=O)c2cc(NC)nc(-c3ccccc3)n2)CC1. The van der Waals surface area contributed by atoms with Crippen molar-refractivity contribution in [2.45, 2.75) is 52.2 Å². The molecule has 1 aliphatic heterocycles. The lowest BCUT2D eigenvalue weighted by Crippen LogP contribution is -2.55. The fraction of sp³-hybridized carbons (Fsp3) is 0.500. The lowest BCUT2D eigenvalue weighted by Gasteiger charge is -2.35. The van der Waals surface area contributed by atoms with E-state index in [2.05, 4.69) is 20.6 Å². The number of amides is 2. The maximum atomic E-state index is 13.6. The van der Waals surface area contributed by atoms with Gasteiger partial charge in [-0.15, -0.1) is 5.06 Å². The summed E-state index contributed by atoms with van der Waals surface area (Å²) in [6.45, 7) is 8.13. The largest absolute Gasteiger partial charge is 0.527 e. The Morgan fingerprint density at radius 3 is 2.32 bits per heavy atom. The highest BCUT2D eigenvalue weighted by Crippen LogP contribution is 2.18. The summed E-state index contributed by atoms with van der Waals surface area (Å²) in [6.07, 6.45) is -0.870. The quantitative estimate of drug-likeness (QED) is 0.406. The number of ether oxygens (including phenoxy) is 2. The minimum absolute atomic E-state index is 0.0224. The van der Waals surface area contributed by atoms with Crippen LogP contribution in [0.25, 0.3) is 11.4 Å². The Labute approximate surface area is 239 Å². The molecule has 1 atom stereocenters. The first-order valence-electron chi connectivity index (χ1n) is 13.5. The monoisotopic (exact) mass is 570 g/mol. The summed E-state index contributed by atoms with van der Waals surface area (Å²) in [5.74, 6) is -0.671. The van der Waals surface area contributed by atoms with Gasteiger partial charge in [0.1, 0.15) is 23.2 Å². The highest BCUT2D eigenvalue weighted by molar-refractivity contribution is 5.97. The van der Waals surface area contributed by atoms with Gasteiger partial charge in [0.15, 0.2) is 5.82 Å². The van der Waals surface area contributed by atoms with Crippen molar-refractivity contribution in [2.24, 2.45) is 0 Å². The second kappa shape index (κ2) is 14.4. The van der Waals surface area contributed by atoms with E-state index in [1.807, 2.05) is 30.3 Å². The number of nitrogens with zero attached hydrogens (tertiary/aromatic N) is 4. The van der Waals surface area contributed by atoms with Gasteiger partial charge < -0.3 is 29.8 Å². The van der Waals surface area contributed by atoms with Gasteiger partial charge in [-0.2, -0.15) is 0 Å². The van der Waals surface area contributed by atoms with Crippen LogP contribution in [0.2, 0.25) is 0 Å². The Morgan fingerprint density at radius 1 is 1.02 bits per heavy atom. The van der Waals surface area contributed by atoms with Crippen LogP contribution >= 0.6 is 0 Å². The van der Waals surface area contributed by atoms with Gasteiger partial charge in [0.05, 0.1) is 19.7 Å². The van der Waals surface area contributed by atoms with Crippen LogP contribution in [0, 0.1) is 0 Å². The predicted molar refractivity (Wildman–Crippen MR) is 150 cm³/mol. The summed E-state index contributed by atoms with van der Waals surface area (Å²) in [4.78, 5) is 66.6. The number of anilines is 1. The van der Waals surface area contributed by atoms with Crippen molar-refractivity contribution in [1.29, 1.82) is 0 Å². The number of hydroxylamine groups is 2. The summed E-state index contributed by atoms with van der Waals surface area (Å²) in [5, 5.41) is 7.11. The van der Waals surface area contributed by atoms with Crippen LogP contribution in [-0.4, -0.2) is 95.3 Å². The minimum atomic E-state index is -1.03. The number of esters is 1. The zero-order chi connectivity index (χ0) is 30.0. The number of hydrogen-bond acceptors (Lipinski definition) is 11. The van der Waals surface area contributed by atoms with E-state index in [4.69, 9.17) is 14.3 Å². The van der Waals surface area contributed by atoms with Crippen LogP contribution < -0.4 is 10.6 Å². The van der Waals surface area contributed by atoms with Gasteiger partial charge in [0.25, 0.3) is 5.91 Å². The topological polar surface area (TPSA) is 152 Å². The van der Waals surface area contributed by atoms with E-state index in [1.54, 1.807) is 39.6 Å². The normalized spacial score (nSPS) is 14.5. The molecule has 0 bridgehead atoms. The second-order valence-corrected chi connectivity index (χ2v) is 10.3. The molecule has 13 heteroatoms. The number of aromatic nitrogens is 2. The highest BCUT2D eigenvalue weighted by Gasteiger charge is 2.31. The fourth-order valence-electron chi connectivity index (χ4n) is 4.02. The Morgan fingerprint density at radius 2 is 1.71 bits per heavy atom. The predicted octanol–water partition coefficient (Wildman–Crippen LogP) is 2.64. The molecule has 2 amide bonds. The summed E-state index contributed by atoms with van der Waals surface area (Å²) in [6, 6.07) is 9.66. The lowest BCUT2D eigenvalue weighted by molar-refractivity contribution is -0.158. The van der Waals surface area contributed by atoms with E-state index >= 15 is 0 Å². The molecule has 2 N–H and O–H groups in total. The van der Waals surface area contributed by atoms with Crippen molar-refractivity contribution < 1.29 is 33.5 Å². The Hall–Kier alpha value is -4.26. The van der Waals surface area contributed by atoms with Crippen molar-refractivity contribution in [3.8, 4) is 11.4 Å². The molecule has 1 fully saturated rings. The van der Waals surface area contributed by atoms with Gasteiger partial charge in [0.2, 0.25) is 5.91 Å². The van der Waals surface area contributed by atoms with Crippen LogP contribution in [0.3, 0.4) is 0 Å². The Bertz CT molecular complexity index is 1210. The van der Waals surface area contributed by atoms with E-state index in [1.165, 1.54) is 11.1 Å². The molecule has 2 aromatic rings. The van der Waals surface area contributed by atoms with Crippen molar-refractivity contribution >= 4 is 29.8 Å². The minimum Gasteiger partial charge on any atom is -0.460 e. The smallest absolute Gasteiger partial charge is 0.460 e. The maximum absolute atomic E-state index is 13.6. The molecule has 0 spiro atoms. The van der Waals surface area contributed by atoms with Gasteiger partial charge in [-0.05, 0) is 34.1 Å². The van der Waals surface area contributed by atoms with Gasteiger partial charge in [-0.1, -0.05) is 30.3 Å². The van der Waals surface area contributed by atoms with Gasteiger partial charge >= 0.3 is 12.1 Å². The number of nitrogens with one attached hydrogen (secondary N) is 2. The third-order valence-corrected chi connectivity index (χ3v) is 5.92. The summed E-state index contributed by atoms with van der Waals surface area (Å²) in [7, 11) is 1.68. The molecular weight excluding hydrogens is 532 g/mol. The summed E-state index contributed by atoms with van der Waals surface area (Å²) >= 11 is 0. The van der Waals surface area contributed by atoms with Gasteiger partial charge in [-0.3, -0.25) is 14.4 Å². The number of rotatable bonds is 10. The van der Waals surface area contributed by atoms with Crippen LogP contribution in [-0.2, 0) is 23.9 Å². The third kappa shape index (κ3) is 9.71. The number of hydrogen-bond donors (Lipinski definition) is 2. The molecule has 0 radical (unpaired) electrons. The molecule has 2 heterocycles. The first-order valence-corrected chi connectivity index (χ1v) is 13.5. The van der Waals surface area contributed by atoms with Crippen LogP contribution in [0.5, 0.6) is 0 Å². The average Bonchev–Trinajstić information content (AvgIpc) is 2.94. The number of carbonyl (C=O) groups excluding carboxylic acids is 4. The van der Waals surface area contributed by atoms with Crippen molar-refractivity contribution in [3.63, 3.8) is 0 Å². The molecule has 222 valence electrons. The van der Waals surface area contributed by atoms with Gasteiger partial charge in [0, 0.05) is 38.2 Å². The number of carbonyl (C=O) groups is 4. The molecular formula is C28H38N6O7. The molecule has 1 aromatic carbocycles. The van der Waals surface area contributed by atoms with Crippen LogP contribution in [0.15, 0.2) is 36.4 Å². The molecule has 0 aliphatic carbocycles. The van der Waals surface area contributed by atoms with E-state index in [9.17, 15) is 19.2 Å². The fourth-order valence-corrected chi connectivity index (χ4v) is 4.02. The summed E-state index contributed by atoms with van der Waals surface area (Å²) < 4.78 is 10.2. The second-order valence-electron chi connectivity index (χ2n) is 10.3. The Balaban J connectivity index is 1.76. The standard InChI is InChI=1S/C28H38N6O7/c1-6-39-27(38)41-34-16-14-33(15-17-34)26(37)20(12-13-23(35)40-28(2,3)4)31-25(36)21-18-22(29-5)32-24(30-21)19-10-8-7-9-11-19/h7-11,18,20H,6,12-17H2,1-5H3,(H,31,36)(H,29,30,32)/t20-/m0/s1. The van der Waals surface area contributed by atoms with Crippen molar-refractivity contribution in [2.75, 3.05) is 45.2 Å². The third-order valence-electron chi connectivity index (χ3n) is 5.92. The first kappa shape index (κ1) is 31.3.